The van der Waals surface area contributed by atoms with Crippen LogP contribution in [0.15, 0.2) is 12.1 Å². The molecular formula is C13H19NO. The minimum Gasteiger partial charge on any atom is -0.508 e. The molecule has 2 rings (SSSR count). The minimum absolute atomic E-state index is 0.123. The lowest BCUT2D eigenvalue weighted by atomic mass is 9.71. The van der Waals surface area contributed by atoms with Crippen LogP contribution in [0.25, 0.3) is 0 Å². The quantitative estimate of drug-likeness (QED) is 0.779. The second-order valence-corrected chi connectivity index (χ2v) is 4.66. The Kier molecular flexibility index (Phi) is 2.47. The van der Waals surface area contributed by atoms with E-state index in [4.69, 9.17) is 5.73 Å². The van der Waals surface area contributed by atoms with E-state index in [2.05, 4.69) is 13.0 Å². The zero-order valence-electron chi connectivity index (χ0n) is 9.51. The van der Waals surface area contributed by atoms with Crippen LogP contribution in [0.2, 0.25) is 0 Å². The van der Waals surface area contributed by atoms with Crippen LogP contribution in [-0.4, -0.2) is 5.11 Å². The first kappa shape index (κ1) is 10.5. The minimum atomic E-state index is -0.123. The van der Waals surface area contributed by atoms with Crippen molar-refractivity contribution in [3.05, 3.63) is 28.8 Å². The van der Waals surface area contributed by atoms with Crippen molar-refractivity contribution in [1.82, 2.24) is 0 Å². The summed E-state index contributed by atoms with van der Waals surface area (Å²) >= 11 is 0. The second kappa shape index (κ2) is 3.53. The molecular weight excluding hydrogens is 186 g/mol. The fourth-order valence-electron chi connectivity index (χ4n) is 2.38. The van der Waals surface area contributed by atoms with Crippen LogP contribution in [0.4, 0.5) is 0 Å². The zero-order valence-corrected chi connectivity index (χ0v) is 9.51. The summed E-state index contributed by atoms with van der Waals surface area (Å²) in [6.45, 7) is 4.08. The standard InChI is InChI=1S/C13H19NO/c1-3-10-8-11(9(2)7-12(10)15)13(14)5-4-6-13/h7-8,15H,3-6,14H2,1-2H3. The van der Waals surface area contributed by atoms with Crippen LogP contribution >= 0.6 is 0 Å². The third kappa shape index (κ3) is 1.63. The number of benzene rings is 1. The van der Waals surface area contributed by atoms with E-state index in [-0.39, 0.29) is 5.54 Å². The summed E-state index contributed by atoms with van der Waals surface area (Å²) < 4.78 is 0. The van der Waals surface area contributed by atoms with Crippen molar-refractivity contribution in [2.45, 2.75) is 45.1 Å². The van der Waals surface area contributed by atoms with Gasteiger partial charge in [-0.2, -0.15) is 0 Å². The van der Waals surface area contributed by atoms with Crippen molar-refractivity contribution in [2.24, 2.45) is 5.73 Å². The molecule has 15 heavy (non-hydrogen) atoms. The summed E-state index contributed by atoms with van der Waals surface area (Å²) in [7, 11) is 0. The lowest BCUT2D eigenvalue weighted by Gasteiger charge is -2.40. The Labute approximate surface area is 91.1 Å². The van der Waals surface area contributed by atoms with E-state index >= 15 is 0 Å². The monoisotopic (exact) mass is 205 g/mol. The number of aryl methyl sites for hydroxylation is 2. The maximum atomic E-state index is 9.73. The molecule has 0 saturated heterocycles. The van der Waals surface area contributed by atoms with Gasteiger partial charge >= 0.3 is 0 Å². The number of rotatable bonds is 2. The molecule has 82 valence electrons. The Bertz CT molecular complexity index is 380. The second-order valence-electron chi connectivity index (χ2n) is 4.66. The van der Waals surface area contributed by atoms with Crippen LogP contribution in [0.1, 0.15) is 42.9 Å². The summed E-state index contributed by atoms with van der Waals surface area (Å²) in [5.41, 5.74) is 9.54. The average Bonchev–Trinajstić information content (AvgIpc) is 2.15. The van der Waals surface area contributed by atoms with Gasteiger partial charge in [-0.3, -0.25) is 0 Å². The van der Waals surface area contributed by atoms with Crippen molar-refractivity contribution in [3.63, 3.8) is 0 Å². The largest absolute Gasteiger partial charge is 0.508 e. The average molecular weight is 205 g/mol. The predicted octanol–water partition coefficient (Wildman–Crippen LogP) is 2.60. The Morgan fingerprint density at radius 1 is 1.40 bits per heavy atom. The van der Waals surface area contributed by atoms with E-state index < -0.39 is 0 Å². The molecule has 2 nitrogen and oxygen atoms in total. The SMILES string of the molecule is CCc1cc(C2(N)CCC2)c(C)cc1O. The molecule has 0 unspecified atom stereocenters. The van der Waals surface area contributed by atoms with Crippen molar-refractivity contribution in [2.75, 3.05) is 0 Å². The molecule has 0 radical (unpaired) electrons. The summed E-state index contributed by atoms with van der Waals surface area (Å²) in [5.74, 6) is 0.404. The molecule has 0 spiro atoms. The Morgan fingerprint density at radius 3 is 2.53 bits per heavy atom. The van der Waals surface area contributed by atoms with Crippen LogP contribution in [-0.2, 0) is 12.0 Å². The fourth-order valence-corrected chi connectivity index (χ4v) is 2.38. The highest BCUT2D eigenvalue weighted by atomic mass is 16.3. The lowest BCUT2D eigenvalue weighted by molar-refractivity contribution is 0.252. The molecule has 1 aromatic rings. The summed E-state index contributed by atoms with van der Waals surface area (Å²) in [6, 6.07) is 3.94. The molecule has 1 aliphatic carbocycles. The van der Waals surface area contributed by atoms with Crippen molar-refractivity contribution < 1.29 is 5.11 Å². The number of hydrogen-bond donors (Lipinski definition) is 2. The van der Waals surface area contributed by atoms with Gasteiger partial charge in [-0.05, 0) is 55.4 Å². The fraction of sp³-hybridized carbons (Fsp3) is 0.538. The third-order valence-electron chi connectivity index (χ3n) is 3.59. The first-order chi connectivity index (χ1) is 7.07. The van der Waals surface area contributed by atoms with Crippen molar-refractivity contribution >= 4 is 0 Å². The number of phenolic OH excluding ortho intramolecular Hbond substituents is 1. The van der Waals surface area contributed by atoms with E-state index in [1.54, 1.807) is 0 Å². The summed E-state index contributed by atoms with van der Waals surface area (Å²) in [5, 5.41) is 9.73. The Morgan fingerprint density at radius 2 is 2.07 bits per heavy atom. The van der Waals surface area contributed by atoms with E-state index in [0.29, 0.717) is 5.75 Å². The van der Waals surface area contributed by atoms with Crippen molar-refractivity contribution in [1.29, 1.82) is 0 Å². The first-order valence-corrected chi connectivity index (χ1v) is 5.68. The van der Waals surface area contributed by atoms with Gasteiger partial charge in [0.05, 0.1) is 0 Å². The molecule has 0 atom stereocenters. The summed E-state index contributed by atoms with van der Waals surface area (Å²) in [4.78, 5) is 0. The molecule has 0 heterocycles. The predicted molar refractivity (Wildman–Crippen MR) is 61.9 cm³/mol. The molecule has 2 heteroatoms. The number of phenols is 1. The molecule has 1 aliphatic rings. The molecule has 0 amide bonds. The van der Waals surface area contributed by atoms with Crippen molar-refractivity contribution in [3.8, 4) is 5.75 Å². The molecule has 1 fully saturated rings. The number of nitrogens with two attached hydrogens (primary N) is 1. The van der Waals surface area contributed by atoms with Gasteiger partial charge in [0.1, 0.15) is 5.75 Å². The van der Waals surface area contributed by atoms with E-state index in [1.165, 1.54) is 12.0 Å². The smallest absolute Gasteiger partial charge is 0.119 e. The molecule has 1 aromatic carbocycles. The van der Waals surface area contributed by atoms with Gasteiger partial charge < -0.3 is 10.8 Å². The van der Waals surface area contributed by atoms with Gasteiger partial charge in [0.15, 0.2) is 0 Å². The molecule has 0 bridgehead atoms. The highest BCUT2D eigenvalue weighted by Crippen LogP contribution is 2.41. The molecule has 0 aromatic heterocycles. The highest BCUT2D eigenvalue weighted by Gasteiger charge is 2.35. The van der Waals surface area contributed by atoms with Gasteiger partial charge in [0, 0.05) is 5.54 Å². The van der Waals surface area contributed by atoms with Gasteiger partial charge in [0.25, 0.3) is 0 Å². The van der Waals surface area contributed by atoms with E-state index in [0.717, 1.165) is 30.4 Å². The first-order valence-electron chi connectivity index (χ1n) is 5.68. The normalized spacial score (nSPS) is 18.6. The summed E-state index contributed by atoms with van der Waals surface area (Å²) in [6.07, 6.45) is 4.22. The molecule has 0 aliphatic heterocycles. The van der Waals surface area contributed by atoms with Crippen LogP contribution in [0, 0.1) is 6.92 Å². The van der Waals surface area contributed by atoms with E-state index in [9.17, 15) is 5.11 Å². The van der Waals surface area contributed by atoms with Gasteiger partial charge in [-0.15, -0.1) is 0 Å². The molecule has 3 N–H and O–H groups in total. The van der Waals surface area contributed by atoms with E-state index in [1.807, 2.05) is 13.0 Å². The zero-order chi connectivity index (χ0) is 11.1. The molecule has 1 saturated carbocycles. The maximum absolute atomic E-state index is 9.73. The Balaban J connectivity index is 2.47. The van der Waals surface area contributed by atoms with Crippen LogP contribution in [0.5, 0.6) is 5.75 Å². The number of aromatic hydroxyl groups is 1. The van der Waals surface area contributed by atoms with Crippen LogP contribution < -0.4 is 5.73 Å². The maximum Gasteiger partial charge on any atom is 0.119 e. The Hall–Kier alpha value is -1.02. The highest BCUT2D eigenvalue weighted by molar-refractivity contribution is 5.45. The number of hydrogen-bond acceptors (Lipinski definition) is 2. The van der Waals surface area contributed by atoms with Crippen LogP contribution in [0.3, 0.4) is 0 Å². The topological polar surface area (TPSA) is 46.2 Å². The lowest BCUT2D eigenvalue weighted by Crippen LogP contribution is -2.43. The van der Waals surface area contributed by atoms with Gasteiger partial charge in [-0.25, -0.2) is 0 Å². The van der Waals surface area contributed by atoms with Gasteiger partial charge in [-0.1, -0.05) is 13.0 Å². The van der Waals surface area contributed by atoms with Gasteiger partial charge in [0.2, 0.25) is 0 Å². The third-order valence-corrected chi connectivity index (χ3v) is 3.59.